The molecule has 2 aromatic carbocycles. The van der Waals surface area contributed by atoms with E-state index in [1.54, 1.807) is 0 Å². The molecule has 0 unspecified atom stereocenters. The number of hydrogen-bond donors (Lipinski definition) is 1. The highest BCUT2D eigenvalue weighted by Gasteiger charge is 2.28. The Balaban J connectivity index is 1.66. The molecule has 2 aromatic rings. The van der Waals surface area contributed by atoms with Gasteiger partial charge in [-0.1, -0.05) is 42.5 Å². The third-order valence-corrected chi connectivity index (χ3v) is 3.78. The second-order valence-electron chi connectivity index (χ2n) is 5.25. The van der Waals surface area contributed by atoms with Crippen molar-refractivity contribution in [3.05, 3.63) is 65.7 Å². The maximum absolute atomic E-state index is 10.8. The summed E-state index contributed by atoms with van der Waals surface area (Å²) >= 11 is 0. The predicted octanol–water partition coefficient (Wildman–Crippen LogP) is 2.92. The monoisotopic (exact) mass is 267 g/mol. The van der Waals surface area contributed by atoms with Crippen LogP contribution in [0.3, 0.4) is 0 Å². The van der Waals surface area contributed by atoms with E-state index in [1.807, 2.05) is 30.3 Å². The number of carboxylic acid groups (broad SMARTS) is 1. The lowest BCUT2D eigenvalue weighted by molar-refractivity contribution is -0.136. The molecule has 102 valence electrons. The van der Waals surface area contributed by atoms with E-state index in [9.17, 15) is 4.79 Å². The van der Waals surface area contributed by atoms with Crippen LogP contribution in [-0.2, 0) is 11.2 Å². The number of carbonyl (C=O) groups is 1. The molecule has 20 heavy (non-hydrogen) atoms. The third kappa shape index (κ3) is 2.67. The number of benzene rings is 2. The predicted molar refractivity (Wildman–Crippen MR) is 79.2 cm³/mol. The summed E-state index contributed by atoms with van der Waals surface area (Å²) in [7, 11) is 0. The molecule has 1 heterocycles. The molecule has 1 N–H and O–H groups in total. The fourth-order valence-electron chi connectivity index (χ4n) is 2.66. The normalized spacial score (nSPS) is 14.9. The Hall–Kier alpha value is -2.29. The van der Waals surface area contributed by atoms with Crippen molar-refractivity contribution in [1.82, 2.24) is 0 Å². The molecule has 1 saturated heterocycles. The zero-order valence-electron chi connectivity index (χ0n) is 11.2. The number of aliphatic carboxylic acids is 1. The minimum atomic E-state index is -0.784. The van der Waals surface area contributed by atoms with Crippen LogP contribution in [0.25, 0.3) is 0 Å². The number of nitrogens with zero attached hydrogens (tertiary/aromatic N) is 1. The van der Waals surface area contributed by atoms with Crippen LogP contribution in [0.15, 0.2) is 54.6 Å². The maximum Gasteiger partial charge on any atom is 0.307 e. The van der Waals surface area contributed by atoms with Crippen molar-refractivity contribution in [3.63, 3.8) is 0 Å². The molecule has 0 amide bonds. The zero-order chi connectivity index (χ0) is 13.9. The Morgan fingerprint density at radius 2 is 1.85 bits per heavy atom. The molecule has 0 bridgehead atoms. The van der Waals surface area contributed by atoms with Crippen molar-refractivity contribution in [2.24, 2.45) is 0 Å². The van der Waals surface area contributed by atoms with Crippen LogP contribution in [0.5, 0.6) is 0 Å². The summed E-state index contributed by atoms with van der Waals surface area (Å²) in [6.07, 6.45) is 0.0871. The standard InChI is InChI=1S/C17H17NO2/c19-17(20)10-13-5-4-8-16(9-13)18-11-15(12-18)14-6-2-1-3-7-14/h1-9,15H,10-12H2,(H,19,20). The molecule has 3 nitrogen and oxygen atoms in total. The summed E-state index contributed by atoms with van der Waals surface area (Å²) in [5.41, 5.74) is 3.36. The van der Waals surface area contributed by atoms with Gasteiger partial charge in [0, 0.05) is 24.7 Å². The molecule has 1 aliphatic rings. The van der Waals surface area contributed by atoms with E-state index >= 15 is 0 Å². The van der Waals surface area contributed by atoms with Crippen LogP contribution in [0, 0.1) is 0 Å². The van der Waals surface area contributed by atoms with E-state index < -0.39 is 5.97 Å². The topological polar surface area (TPSA) is 40.5 Å². The Morgan fingerprint density at radius 1 is 1.10 bits per heavy atom. The molecule has 3 heteroatoms. The fourth-order valence-corrected chi connectivity index (χ4v) is 2.66. The van der Waals surface area contributed by atoms with Crippen LogP contribution < -0.4 is 4.90 Å². The Morgan fingerprint density at radius 3 is 2.55 bits per heavy atom. The minimum absolute atomic E-state index is 0.0871. The van der Waals surface area contributed by atoms with Gasteiger partial charge in [-0.05, 0) is 23.3 Å². The molecular formula is C17H17NO2. The zero-order valence-corrected chi connectivity index (χ0v) is 11.2. The SMILES string of the molecule is O=C(O)Cc1cccc(N2CC(c3ccccc3)C2)c1. The first-order valence-corrected chi connectivity index (χ1v) is 6.83. The van der Waals surface area contributed by atoms with Crippen molar-refractivity contribution in [2.45, 2.75) is 12.3 Å². The molecule has 3 rings (SSSR count). The van der Waals surface area contributed by atoms with Gasteiger partial charge in [-0.2, -0.15) is 0 Å². The van der Waals surface area contributed by atoms with E-state index in [2.05, 4.69) is 29.2 Å². The molecule has 0 atom stereocenters. The summed E-state index contributed by atoms with van der Waals surface area (Å²) in [4.78, 5) is 13.1. The number of rotatable bonds is 4. The van der Waals surface area contributed by atoms with Gasteiger partial charge in [0.2, 0.25) is 0 Å². The second-order valence-corrected chi connectivity index (χ2v) is 5.25. The van der Waals surface area contributed by atoms with Crippen molar-refractivity contribution in [3.8, 4) is 0 Å². The molecule has 0 saturated carbocycles. The Kier molecular flexibility index (Phi) is 3.42. The molecule has 1 aliphatic heterocycles. The molecular weight excluding hydrogens is 250 g/mol. The highest BCUT2D eigenvalue weighted by atomic mass is 16.4. The average Bonchev–Trinajstić information content (AvgIpc) is 2.38. The summed E-state index contributed by atoms with van der Waals surface area (Å²) in [6, 6.07) is 18.4. The van der Waals surface area contributed by atoms with Gasteiger partial charge in [-0.3, -0.25) is 4.79 Å². The first-order valence-electron chi connectivity index (χ1n) is 6.83. The van der Waals surface area contributed by atoms with E-state index in [4.69, 9.17) is 5.11 Å². The number of carboxylic acids is 1. The van der Waals surface area contributed by atoms with E-state index in [0.717, 1.165) is 24.3 Å². The van der Waals surface area contributed by atoms with Gasteiger partial charge in [-0.25, -0.2) is 0 Å². The van der Waals surface area contributed by atoms with Gasteiger partial charge < -0.3 is 10.0 Å². The van der Waals surface area contributed by atoms with Crippen LogP contribution in [0.4, 0.5) is 5.69 Å². The summed E-state index contributed by atoms with van der Waals surface area (Å²) in [5.74, 6) is -0.202. The van der Waals surface area contributed by atoms with Gasteiger partial charge >= 0.3 is 5.97 Å². The summed E-state index contributed by atoms with van der Waals surface area (Å²) in [5, 5.41) is 8.84. The first kappa shape index (κ1) is 12.7. The number of hydrogen-bond acceptors (Lipinski definition) is 2. The molecule has 0 aliphatic carbocycles. The van der Waals surface area contributed by atoms with E-state index in [1.165, 1.54) is 5.56 Å². The molecule has 1 fully saturated rings. The lowest BCUT2D eigenvalue weighted by atomic mass is 9.91. The highest BCUT2D eigenvalue weighted by molar-refractivity contribution is 5.71. The maximum atomic E-state index is 10.8. The fraction of sp³-hybridized carbons (Fsp3) is 0.235. The van der Waals surface area contributed by atoms with Crippen molar-refractivity contribution in [2.75, 3.05) is 18.0 Å². The van der Waals surface area contributed by atoms with Crippen LogP contribution in [0.2, 0.25) is 0 Å². The first-order chi connectivity index (χ1) is 9.72. The quantitative estimate of drug-likeness (QED) is 0.926. The largest absolute Gasteiger partial charge is 0.481 e. The second kappa shape index (κ2) is 5.37. The average molecular weight is 267 g/mol. The molecule has 0 aromatic heterocycles. The Labute approximate surface area is 118 Å². The minimum Gasteiger partial charge on any atom is -0.481 e. The van der Waals surface area contributed by atoms with Gasteiger partial charge in [0.05, 0.1) is 6.42 Å². The summed E-state index contributed by atoms with van der Waals surface area (Å²) in [6.45, 7) is 2.00. The van der Waals surface area contributed by atoms with Crippen molar-refractivity contribution < 1.29 is 9.90 Å². The Bertz CT molecular complexity index is 603. The van der Waals surface area contributed by atoms with Crippen LogP contribution in [0.1, 0.15) is 17.0 Å². The van der Waals surface area contributed by atoms with Crippen molar-refractivity contribution in [1.29, 1.82) is 0 Å². The summed E-state index contributed by atoms with van der Waals surface area (Å²) < 4.78 is 0. The van der Waals surface area contributed by atoms with Gasteiger partial charge in [-0.15, -0.1) is 0 Å². The molecule has 0 spiro atoms. The van der Waals surface area contributed by atoms with E-state index in [0.29, 0.717) is 5.92 Å². The third-order valence-electron chi connectivity index (χ3n) is 3.78. The smallest absolute Gasteiger partial charge is 0.307 e. The molecule has 0 radical (unpaired) electrons. The number of anilines is 1. The van der Waals surface area contributed by atoms with Crippen LogP contribution in [-0.4, -0.2) is 24.2 Å². The van der Waals surface area contributed by atoms with E-state index in [-0.39, 0.29) is 6.42 Å². The van der Waals surface area contributed by atoms with Gasteiger partial charge in [0.25, 0.3) is 0 Å². The van der Waals surface area contributed by atoms with Crippen molar-refractivity contribution >= 4 is 11.7 Å². The van der Waals surface area contributed by atoms with Gasteiger partial charge in [0.1, 0.15) is 0 Å². The highest BCUT2D eigenvalue weighted by Crippen LogP contribution is 2.31. The van der Waals surface area contributed by atoms with Crippen LogP contribution >= 0.6 is 0 Å². The lowest BCUT2D eigenvalue weighted by Gasteiger charge is -2.41. The van der Waals surface area contributed by atoms with Gasteiger partial charge in [0.15, 0.2) is 0 Å². The lowest BCUT2D eigenvalue weighted by Crippen LogP contribution is -2.45.